The average Bonchev–Trinajstić information content (AvgIpc) is 3.28. The molecule has 28 heavy (non-hydrogen) atoms. The molecule has 3 heterocycles. The van der Waals surface area contributed by atoms with Gasteiger partial charge in [0.15, 0.2) is 0 Å². The quantitative estimate of drug-likeness (QED) is 0.778. The van der Waals surface area contributed by atoms with Crippen LogP contribution in [-0.2, 0) is 4.79 Å². The van der Waals surface area contributed by atoms with Crippen molar-refractivity contribution in [3.63, 3.8) is 0 Å². The smallest absolute Gasteiger partial charge is 0.237 e. The molecule has 0 unspecified atom stereocenters. The van der Waals surface area contributed by atoms with Gasteiger partial charge in [0.2, 0.25) is 5.91 Å². The highest BCUT2D eigenvalue weighted by Crippen LogP contribution is 2.23. The maximum absolute atomic E-state index is 13.8. The van der Waals surface area contributed by atoms with Gasteiger partial charge in [-0.1, -0.05) is 12.1 Å². The van der Waals surface area contributed by atoms with Crippen molar-refractivity contribution in [3.8, 4) is 0 Å². The third-order valence-electron chi connectivity index (χ3n) is 5.63. The largest absolute Gasteiger partial charge is 0.381 e. The normalized spacial score (nSPS) is 25.3. The van der Waals surface area contributed by atoms with Crippen molar-refractivity contribution < 1.29 is 9.18 Å². The molecule has 2 aliphatic heterocycles. The van der Waals surface area contributed by atoms with Gasteiger partial charge in [0, 0.05) is 42.8 Å². The molecular formula is C21H26FN5O. The molecule has 2 saturated heterocycles. The molecular weight excluding hydrogens is 357 g/mol. The average molecular weight is 383 g/mol. The second-order valence-corrected chi connectivity index (χ2v) is 7.72. The molecule has 1 aromatic carbocycles. The number of anilines is 1. The molecule has 6 nitrogen and oxygen atoms in total. The Labute approximate surface area is 164 Å². The van der Waals surface area contributed by atoms with Crippen LogP contribution in [0.2, 0.25) is 0 Å². The van der Waals surface area contributed by atoms with E-state index in [1.165, 1.54) is 0 Å². The molecule has 3 atom stereocenters. The Morgan fingerprint density at radius 3 is 3.11 bits per heavy atom. The number of alkyl halides is 1. The SMILES string of the molecule is C=NC[C@@H]1C[C@H](F)CN1C(=O)CN1CC[C@H](Nc2ccc3cccnc3c2)C1. The van der Waals surface area contributed by atoms with Crippen molar-refractivity contribution in [3.05, 3.63) is 36.5 Å². The fourth-order valence-corrected chi connectivity index (χ4v) is 4.26. The van der Waals surface area contributed by atoms with E-state index in [-0.39, 0.29) is 24.5 Å². The molecule has 2 aromatic rings. The summed E-state index contributed by atoms with van der Waals surface area (Å²) in [7, 11) is 0. The van der Waals surface area contributed by atoms with Crippen LogP contribution in [0.3, 0.4) is 0 Å². The minimum Gasteiger partial charge on any atom is -0.381 e. The van der Waals surface area contributed by atoms with Gasteiger partial charge < -0.3 is 10.2 Å². The standard InChI is InChI=1S/C21H26FN5O/c1-23-11-19-9-16(22)12-27(19)21(28)14-26-8-6-18(13-26)25-17-5-4-15-3-2-7-24-20(15)10-17/h2-5,7,10,16,18-19,25H,1,6,8-9,11-14H2/t16-,18-,19-/m0/s1. The molecule has 0 aliphatic carbocycles. The number of hydrogen-bond donors (Lipinski definition) is 1. The number of benzene rings is 1. The van der Waals surface area contributed by atoms with Crippen LogP contribution in [-0.4, -0.2) is 78.4 Å². The highest BCUT2D eigenvalue weighted by Gasteiger charge is 2.36. The number of amides is 1. The summed E-state index contributed by atoms with van der Waals surface area (Å²) < 4.78 is 13.8. The first-order chi connectivity index (χ1) is 13.6. The highest BCUT2D eigenvalue weighted by atomic mass is 19.1. The van der Waals surface area contributed by atoms with E-state index < -0.39 is 6.17 Å². The van der Waals surface area contributed by atoms with Crippen LogP contribution in [0.5, 0.6) is 0 Å². The number of carbonyl (C=O) groups excluding carboxylic acids is 1. The predicted octanol–water partition coefficient (Wildman–Crippen LogP) is 2.36. The molecule has 1 aromatic heterocycles. The molecule has 2 fully saturated rings. The molecule has 0 saturated carbocycles. The number of nitrogens with zero attached hydrogens (tertiary/aromatic N) is 4. The minimum atomic E-state index is -0.954. The van der Waals surface area contributed by atoms with Gasteiger partial charge in [-0.25, -0.2) is 4.39 Å². The number of likely N-dealkylation sites (tertiary alicyclic amines) is 2. The molecule has 2 aliphatic rings. The van der Waals surface area contributed by atoms with E-state index in [0.717, 1.165) is 36.1 Å². The van der Waals surface area contributed by atoms with Crippen molar-refractivity contribution >= 4 is 29.2 Å². The Morgan fingerprint density at radius 1 is 1.36 bits per heavy atom. The molecule has 0 bridgehead atoms. The van der Waals surface area contributed by atoms with Gasteiger partial charge in [-0.3, -0.25) is 19.7 Å². The van der Waals surface area contributed by atoms with Crippen LogP contribution < -0.4 is 5.32 Å². The van der Waals surface area contributed by atoms with E-state index >= 15 is 0 Å². The van der Waals surface area contributed by atoms with E-state index in [2.05, 4.69) is 45.1 Å². The van der Waals surface area contributed by atoms with Crippen LogP contribution in [0.4, 0.5) is 10.1 Å². The lowest BCUT2D eigenvalue weighted by Crippen LogP contribution is -2.43. The molecule has 4 rings (SSSR count). The van der Waals surface area contributed by atoms with Crippen molar-refractivity contribution in [2.75, 3.05) is 38.0 Å². The zero-order chi connectivity index (χ0) is 19.5. The summed E-state index contributed by atoms with van der Waals surface area (Å²) in [4.78, 5) is 24.7. The maximum Gasteiger partial charge on any atom is 0.237 e. The first kappa shape index (κ1) is 18.8. The van der Waals surface area contributed by atoms with Crippen LogP contribution in [0, 0.1) is 0 Å². The third-order valence-corrected chi connectivity index (χ3v) is 5.63. The number of nitrogens with one attached hydrogen (secondary N) is 1. The van der Waals surface area contributed by atoms with Gasteiger partial charge in [-0.2, -0.15) is 0 Å². The molecule has 0 radical (unpaired) electrons. The summed E-state index contributed by atoms with van der Waals surface area (Å²) in [5.41, 5.74) is 2.01. The Morgan fingerprint density at radius 2 is 2.25 bits per heavy atom. The third kappa shape index (κ3) is 4.14. The van der Waals surface area contributed by atoms with Gasteiger partial charge >= 0.3 is 0 Å². The number of halogens is 1. The van der Waals surface area contributed by atoms with Crippen LogP contribution in [0.15, 0.2) is 41.5 Å². The summed E-state index contributed by atoms with van der Waals surface area (Å²) in [6.07, 6.45) is 2.18. The fourth-order valence-electron chi connectivity index (χ4n) is 4.26. The molecule has 0 spiro atoms. The van der Waals surface area contributed by atoms with Crippen LogP contribution in [0.25, 0.3) is 10.9 Å². The van der Waals surface area contributed by atoms with Gasteiger partial charge in [0.1, 0.15) is 6.17 Å². The van der Waals surface area contributed by atoms with E-state index in [1.807, 2.05) is 12.1 Å². The molecule has 1 N–H and O–H groups in total. The van der Waals surface area contributed by atoms with Crippen LogP contribution >= 0.6 is 0 Å². The first-order valence-electron chi connectivity index (χ1n) is 9.82. The summed E-state index contributed by atoms with van der Waals surface area (Å²) in [5, 5.41) is 4.67. The Balaban J connectivity index is 1.32. The van der Waals surface area contributed by atoms with E-state index in [0.29, 0.717) is 19.5 Å². The Bertz CT molecular complexity index is 860. The topological polar surface area (TPSA) is 60.8 Å². The van der Waals surface area contributed by atoms with Gasteiger partial charge in [0.25, 0.3) is 0 Å². The second-order valence-electron chi connectivity index (χ2n) is 7.72. The maximum atomic E-state index is 13.8. The summed E-state index contributed by atoms with van der Waals surface area (Å²) in [6.45, 7) is 6.05. The zero-order valence-electron chi connectivity index (χ0n) is 15.9. The van der Waals surface area contributed by atoms with Gasteiger partial charge in [-0.15, -0.1) is 0 Å². The predicted molar refractivity (Wildman–Crippen MR) is 110 cm³/mol. The van der Waals surface area contributed by atoms with Crippen molar-refractivity contribution in [2.24, 2.45) is 4.99 Å². The van der Waals surface area contributed by atoms with Crippen molar-refractivity contribution in [2.45, 2.75) is 31.1 Å². The number of pyridine rings is 1. The summed E-state index contributed by atoms with van der Waals surface area (Å²) in [6, 6.07) is 10.3. The lowest BCUT2D eigenvalue weighted by molar-refractivity contribution is -0.133. The summed E-state index contributed by atoms with van der Waals surface area (Å²) >= 11 is 0. The number of aromatic nitrogens is 1. The number of rotatable bonds is 6. The lowest BCUT2D eigenvalue weighted by Gasteiger charge is -2.25. The van der Waals surface area contributed by atoms with Gasteiger partial charge in [-0.05, 0) is 31.3 Å². The van der Waals surface area contributed by atoms with E-state index in [9.17, 15) is 9.18 Å². The fraction of sp³-hybridized carbons (Fsp3) is 0.476. The highest BCUT2D eigenvalue weighted by molar-refractivity contribution is 5.82. The molecule has 1 amide bonds. The molecule has 7 heteroatoms. The number of carbonyl (C=O) groups is 1. The first-order valence-corrected chi connectivity index (χ1v) is 9.82. The van der Waals surface area contributed by atoms with Crippen LogP contribution in [0.1, 0.15) is 12.8 Å². The number of fused-ring (bicyclic) bond motifs is 1. The monoisotopic (exact) mass is 383 g/mol. The number of hydrogen-bond acceptors (Lipinski definition) is 5. The minimum absolute atomic E-state index is 0.00986. The van der Waals surface area contributed by atoms with E-state index in [4.69, 9.17) is 0 Å². The van der Waals surface area contributed by atoms with E-state index in [1.54, 1.807) is 11.1 Å². The Hall–Kier alpha value is -2.54. The number of aliphatic imine (C=N–C) groups is 1. The van der Waals surface area contributed by atoms with Crippen molar-refractivity contribution in [1.82, 2.24) is 14.8 Å². The molecule has 148 valence electrons. The second kappa shape index (κ2) is 8.22. The summed E-state index contributed by atoms with van der Waals surface area (Å²) in [5.74, 6) is -0.00986. The Kier molecular flexibility index (Phi) is 5.52. The lowest BCUT2D eigenvalue weighted by atomic mass is 10.2. The van der Waals surface area contributed by atoms with Gasteiger partial charge in [0.05, 0.1) is 31.2 Å². The van der Waals surface area contributed by atoms with Crippen molar-refractivity contribution in [1.29, 1.82) is 0 Å². The zero-order valence-corrected chi connectivity index (χ0v) is 15.9.